The lowest BCUT2D eigenvalue weighted by molar-refractivity contribution is 0.349. The molecule has 0 aliphatic rings. The van der Waals surface area contributed by atoms with E-state index < -0.39 is 0 Å². The van der Waals surface area contributed by atoms with E-state index in [1.54, 1.807) is 6.07 Å². The zero-order valence-electron chi connectivity index (χ0n) is 16.8. The van der Waals surface area contributed by atoms with Crippen molar-refractivity contribution >= 4 is 33.9 Å². The number of nitrogens with zero attached hydrogens (tertiary/aromatic N) is 1. The summed E-state index contributed by atoms with van der Waals surface area (Å²) in [5.74, 6) is 0.498. The molecule has 0 radical (unpaired) electrons. The number of rotatable bonds is 5. The van der Waals surface area contributed by atoms with Crippen molar-refractivity contribution in [1.29, 1.82) is 0 Å². The van der Waals surface area contributed by atoms with Crippen LogP contribution >= 0.6 is 12.2 Å². The van der Waals surface area contributed by atoms with Gasteiger partial charge in [-0.1, -0.05) is 44.2 Å². The lowest BCUT2D eigenvalue weighted by atomic mass is 10.0. The van der Waals surface area contributed by atoms with Gasteiger partial charge in [0.05, 0.1) is 0 Å². The predicted molar refractivity (Wildman–Crippen MR) is 122 cm³/mol. The normalized spacial score (nSPS) is 11.2. The molecule has 0 fully saturated rings. The van der Waals surface area contributed by atoms with E-state index in [1.807, 2.05) is 24.3 Å². The Hall–Kier alpha value is -2.66. The van der Waals surface area contributed by atoms with Gasteiger partial charge < -0.3 is 15.2 Å². The lowest BCUT2D eigenvalue weighted by Crippen LogP contribution is -2.39. The number of para-hydroxylation sites is 1. The molecule has 0 unspecified atom stereocenters. The Morgan fingerprint density at radius 1 is 1.07 bits per heavy atom. The minimum absolute atomic E-state index is 0.0967. The maximum Gasteiger partial charge on any atom is 0.248 e. The number of nitrogens with one attached hydrogen (secondary N) is 2. The van der Waals surface area contributed by atoms with E-state index in [9.17, 15) is 4.79 Å². The second-order valence-corrected chi connectivity index (χ2v) is 8.02. The molecule has 0 atom stereocenters. The third-order valence-corrected chi connectivity index (χ3v) is 5.23. The number of hydrogen-bond donors (Lipinski definition) is 2. The molecule has 146 valence electrons. The SMILES string of the molecule is CC(C)c1ccc(NC(=S)N(Cc2cc(=O)[nH]c3ccccc23)C(C)C)cc1. The highest BCUT2D eigenvalue weighted by molar-refractivity contribution is 7.80. The topological polar surface area (TPSA) is 48.1 Å². The molecule has 0 spiro atoms. The van der Waals surface area contributed by atoms with Crippen molar-refractivity contribution < 1.29 is 0 Å². The van der Waals surface area contributed by atoms with Crippen molar-refractivity contribution in [1.82, 2.24) is 9.88 Å². The van der Waals surface area contributed by atoms with Crippen LogP contribution in [0.5, 0.6) is 0 Å². The Morgan fingerprint density at radius 3 is 2.39 bits per heavy atom. The first-order valence-corrected chi connectivity index (χ1v) is 10.0. The summed E-state index contributed by atoms with van der Waals surface area (Å²) in [4.78, 5) is 17.1. The summed E-state index contributed by atoms with van der Waals surface area (Å²) in [6, 6.07) is 18.1. The third kappa shape index (κ3) is 4.60. The van der Waals surface area contributed by atoms with Gasteiger partial charge in [0, 0.05) is 35.2 Å². The number of aromatic amines is 1. The Balaban J connectivity index is 1.84. The van der Waals surface area contributed by atoms with Gasteiger partial charge >= 0.3 is 0 Å². The van der Waals surface area contributed by atoms with Gasteiger partial charge in [-0.3, -0.25) is 4.79 Å². The molecule has 4 nitrogen and oxygen atoms in total. The minimum atomic E-state index is -0.0967. The maximum atomic E-state index is 12.1. The van der Waals surface area contributed by atoms with E-state index >= 15 is 0 Å². The summed E-state index contributed by atoms with van der Waals surface area (Å²) in [5, 5.41) is 5.03. The van der Waals surface area contributed by atoms with Gasteiger partial charge in [0.25, 0.3) is 0 Å². The predicted octanol–water partition coefficient (Wildman–Crippen LogP) is 5.26. The number of pyridine rings is 1. The molecule has 0 saturated heterocycles. The molecule has 2 aromatic carbocycles. The highest BCUT2D eigenvalue weighted by Gasteiger charge is 2.16. The summed E-state index contributed by atoms with van der Waals surface area (Å²) in [5.41, 5.74) is 3.98. The van der Waals surface area contributed by atoms with Crippen LogP contribution in [-0.4, -0.2) is 21.0 Å². The van der Waals surface area contributed by atoms with Gasteiger partial charge in [0.2, 0.25) is 5.56 Å². The average Bonchev–Trinajstić information content (AvgIpc) is 2.65. The molecule has 1 heterocycles. The largest absolute Gasteiger partial charge is 0.342 e. The molecular weight excluding hydrogens is 366 g/mol. The van der Waals surface area contributed by atoms with E-state index in [-0.39, 0.29) is 11.6 Å². The second-order valence-electron chi connectivity index (χ2n) is 7.63. The number of thiocarbonyl (C=S) groups is 1. The third-order valence-electron chi connectivity index (χ3n) is 4.89. The van der Waals surface area contributed by atoms with Crippen molar-refractivity contribution in [2.45, 2.75) is 46.2 Å². The lowest BCUT2D eigenvalue weighted by Gasteiger charge is -2.30. The number of anilines is 1. The Labute approximate surface area is 171 Å². The van der Waals surface area contributed by atoms with Crippen LogP contribution in [0.1, 0.15) is 44.7 Å². The maximum absolute atomic E-state index is 12.1. The van der Waals surface area contributed by atoms with E-state index in [4.69, 9.17) is 12.2 Å². The van der Waals surface area contributed by atoms with Gasteiger partial charge in [-0.25, -0.2) is 0 Å². The highest BCUT2D eigenvalue weighted by Crippen LogP contribution is 2.20. The molecule has 28 heavy (non-hydrogen) atoms. The smallest absolute Gasteiger partial charge is 0.248 e. The quantitative estimate of drug-likeness (QED) is 0.581. The van der Waals surface area contributed by atoms with Crippen LogP contribution in [-0.2, 0) is 6.54 Å². The van der Waals surface area contributed by atoms with Crippen LogP contribution < -0.4 is 10.9 Å². The Kier molecular flexibility index (Phi) is 6.15. The van der Waals surface area contributed by atoms with Crippen LogP contribution in [0.4, 0.5) is 5.69 Å². The molecule has 3 rings (SSSR count). The molecular formula is C23H27N3OS. The van der Waals surface area contributed by atoms with Gasteiger partial charge in [0.1, 0.15) is 0 Å². The summed E-state index contributed by atoms with van der Waals surface area (Å²) in [6.07, 6.45) is 0. The zero-order valence-corrected chi connectivity index (χ0v) is 17.6. The molecule has 1 aromatic heterocycles. The first-order chi connectivity index (χ1) is 13.3. The number of benzene rings is 2. The summed E-state index contributed by atoms with van der Waals surface area (Å²) in [6.45, 7) is 9.13. The summed E-state index contributed by atoms with van der Waals surface area (Å²) < 4.78 is 0. The van der Waals surface area contributed by atoms with Crippen molar-refractivity contribution in [3.05, 3.63) is 76.1 Å². The van der Waals surface area contributed by atoms with Gasteiger partial charge in [-0.05, 0) is 61.3 Å². The van der Waals surface area contributed by atoms with E-state index in [1.165, 1.54) is 5.56 Å². The molecule has 0 aliphatic heterocycles. The molecule has 2 N–H and O–H groups in total. The van der Waals surface area contributed by atoms with Crippen LogP contribution in [0.2, 0.25) is 0 Å². The van der Waals surface area contributed by atoms with Crippen molar-refractivity contribution in [3.63, 3.8) is 0 Å². The number of aromatic nitrogens is 1. The number of hydrogen-bond acceptors (Lipinski definition) is 2. The van der Waals surface area contributed by atoms with Crippen molar-refractivity contribution in [2.75, 3.05) is 5.32 Å². The highest BCUT2D eigenvalue weighted by atomic mass is 32.1. The Bertz CT molecular complexity index is 1020. The first kappa shape index (κ1) is 20.1. The molecule has 0 saturated carbocycles. The molecule has 0 aliphatic carbocycles. The van der Waals surface area contributed by atoms with Crippen LogP contribution in [0.25, 0.3) is 10.9 Å². The minimum Gasteiger partial charge on any atom is -0.342 e. The Morgan fingerprint density at radius 2 is 1.75 bits per heavy atom. The van der Waals surface area contributed by atoms with Crippen molar-refractivity contribution in [3.8, 4) is 0 Å². The molecule has 0 amide bonds. The fourth-order valence-electron chi connectivity index (χ4n) is 3.23. The fourth-order valence-corrected chi connectivity index (χ4v) is 3.62. The van der Waals surface area contributed by atoms with Gasteiger partial charge in [-0.2, -0.15) is 0 Å². The molecule has 0 bridgehead atoms. The van der Waals surface area contributed by atoms with Gasteiger partial charge in [0.15, 0.2) is 5.11 Å². The number of fused-ring (bicyclic) bond motifs is 1. The average molecular weight is 394 g/mol. The number of H-pyrrole nitrogens is 1. The first-order valence-electron chi connectivity index (χ1n) is 9.63. The van der Waals surface area contributed by atoms with Crippen LogP contribution in [0.15, 0.2) is 59.4 Å². The molecule has 3 aromatic rings. The van der Waals surface area contributed by atoms with Gasteiger partial charge in [-0.15, -0.1) is 0 Å². The second kappa shape index (κ2) is 8.57. The van der Waals surface area contributed by atoms with E-state index in [2.05, 4.69) is 67.2 Å². The van der Waals surface area contributed by atoms with Crippen molar-refractivity contribution in [2.24, 2.45) is 0 Å². The standard InChI is InChI=1S/C23H27N3OS/c1-15(2)17-9-11-19(12-10-17)24-23(28)26(16(3)4)14-18-13-22(27)25-21-8-6-5-7-20(18)21/h5-13,15-16H,14H2,1-4H3,(H,24,28)(H,25,27). The van der Waals surface area contributed by atoms with E-state index in [0.29, 0.717) is 17.6 Å². The fraction of sp³-hybridized carbons (Fsp3) is 0.304. The molecule has 5 heteroatoms. The van der Waals surface area contributed by atoms with Crippen LogP contribution in [0, 0.1) is 0 Å². The monoisotopic (exact) mass is 393 g/mol. The van der Waals surface area contributed by atoms with Crippen LogP contribution in [0.3, 0.4) is 0 Å². The zero-order chi connectivity index (χ0) is 20.3. The summed E-state index contributed by atoms with van der Waals surface area (Å²) >= 11 is 5.70. The van der Waals surface area contributed by atoms with E-state index in [0.717, 1.165) is 22.2 Å². The summed E-state index contributed by atoms with van der Waals surface area (Å²) in [7, 11) is 0.